The summed E-state index contributed by atoms with van der Waals surface area (Å²) in [4.78, 5) is 0.0192. The van der Waals surface area contributed by atoms with Crippen molar-refractivity contribution in [2.45, 2.75) is 11.4 Å². The molecule has 8 heteroatoms. The van der Waals surface area contributed by atoms with Crippen molar-refractivity contribution in [3.63, 3.8) is 0 Å². The summed E-state index contributed by atoms with van der Waals surface area (Å²) in [6, 6.07) is 9.39. The summed E-state index contributed by atoms with van der Waals surface area (Å²) in [5.41, 5.74) is 0.751. The normalized spacial score (nSPS) is 13.4. The van der Waals surface area contributed by atoms with Gasteiger partial charge in [-0.1, -0.05) is 29.3 Å². The van der Waals surface area contributed by atoms with E-state index in [4.69, 9.17) is 32.7 Å². The van der Waals surface area contributed by atoms with Crippen LogP contribution in [0.15, 0.2) is 41.3 Å². The summed E-state index contributed by atoms with van der Waals surface area (Å²) in [7, 11) is -3.71. The molecule has 1 aliphatic rings. The van der Waals surface area contributed by atoms with Crippen LogP contribution in [0.1, 0.15) is 5.56 Å². The molecule has 0 atom stereocenters. The van der Waals surface area contributed by atoms with Crippen LogP contribution in [0.3, 0.4) is 0 Å². The number of fused-ring (bicyclic) bond motifs is 1. The van der Waals surface area contributed by atoms with E-state index in [1.807, 2.05) is 0 Å². The third-order valence-electron chi connectivity index (χ3n) is 3.05. The first-order valence-electron chi connectivity index (χ1n) is 6.28. The number of nitrogens with one attached hydrogen (secondary N) is 1. The van der Waals surface area contributed by atoms with Crippen LogP contribution >= 0.6 is 23.2 Å². The van der Waals surface area contributed by atoms with Gasteiger partial charge in [-0.25, -0.2) is 13.1 Å². The van der Waals surface area contributed by atoms with E-state index >= 15 is 0 Å². The maximum absolute atomic E-state index is 12.3. The van der Waals surface area contributed by atoms with Gasteiger partial charge in [-0.3, -0.25) is 0 Å². The van der Waals surface area contributed by atoms with E-state index in [1.54, 1.807) is 18.2 Å². The van der Waals surface area contributed by atoms with Crippen molar-refractivity contribution in [3.8, 4) is 11.5 Å². The summed E-state index contributed by atoms with van der Waals surface area (Å²) < 4.78 is 37.5. The molecular formula is C14H11Cl2NO4S. The first-order chi connectivity index (χ1) is 10.4. The third-order valence-corrected chi connectivity index (χ3v) is 4.87. The van der Waals surface area contributed by atoms with Gasteiger partial charge in [0.2, 0.25) is 16.8 Å². The van der Waals surface area contributed by atoms with Crippen LogP contribution in [0.25, 0.3) is 0 Å². The fourth-order valence-corrected chi connectivity index (χ4v) is 3.74. The van der Waals surface area contributed by atoms with Crippen LogP contribution in [-0.2, 0) is 16.6 Å². The molecule has 0 saturated heterocycles. The lowest BCUT2D eigenvalue weighted by atomic mass is 10.2. The number of ether oxygens (including phenoxy) is 2. The van der Waals surface area contributed by atoms with Crippen LogP contribution < -0.4 is 14.2 Å². The minimum absolute atomic E-state index is 0.0192. The van der Waals surface area contributed by atoms with Gasteiger partial charge < -0.3 is 9.47 Å². The predicted molar refractivity (Wildman–Crippen MR) is 83.1 cm³/mol. The van der Waals surface area contributed by atoms with Crippen molar-refractivity contribution in [1.82, 2.24) is 4.72 Å². The van der Waals surface area contributed by atoms with Gasteiger partial charge in [0, 0.05) is 16.6 Å². The summed E-state index contributed by atoms with van der Waals surface area (Å²) in [5.74, 6) is 1.25. The van der Waals surface area contributed by atoms with Crippen LogP contribution in [0, 0.1) is 0 Å². The molecule has 22 heavy (non-hydrogen) atoms. The van der Waals surface area contributed by atoms with E-state index < -0.39 is 10.0 Å². The highest BCUT2D eigenvalue weighted by atomic mass is 35.5. The molecule has 0 radical (unpaired) electrons. The molecule has 0 bridgehead atoms. The standard InChI is InChI=1S/C14H11Cl2NO4S/c15-10-4-11(16)6-12(5-10)22(18,19)17-7-9-1-2-13-14(3-9)21-8-20-13/h1-6,17H,7-8H2. The van der Waals surface area contributed by atoms with E-state index in [1.165, 1.54) is 18.2 Å². The van der Waals surface area contributed by atoms with Gasteiger partial charge in [0.1, 0.15) is 0 Å². The molecule has 1 aliphatic heterocycles. The molecule has 0 spiro atoms. The Morgan fingerprint density at radius 3 is 2.41 bits per heavy atom. The Hall–Kier alpha value is -1.47. The van der Waals surface area contributed by atoms with Gasteiger partial charge in [0.25, 0.3) is 0 Å². The smallest absolute Gasteiger partial charge is 0.240 e. The Morgan fingerprint density at radius 1 is 1.00 bits per heavy atom. The second-order valence-corrected chi connectivity index (χ2v) is 7.26. The Balaban J connectivity index is 1.77. The van der Waals surface area contributed by atoms with Gasteiger partial charge in [-0.05, 0) is 35.9 Å². The highest BCUT2D eigenvalue weighted by Crippen LogP contribution is 2.32. The second kappa shape index (κ2) is 5.96. The van der Waals surface area contributed by atoms with Crippen molar-refractivity contribution in [2.75, 3.05) is 6.79 Å². The summed E-state index contributed by atoms with van der Waals surface area (Å²) >= 11 is 11.7. The lowest BCUT2D eigenvalue weighted by molar-refractivity contribution is 0.174. The minimum atomic E-state index is -3.71. The Bertz CT molecular complexity index is 803. The van der Waals surface area contributed by atoms with Gasteiger partial charge in [-0.2, -0.15) is 0 Å². The third kappa shape index (κ3) is 3.30. The molecule has 1 N–H and O–H groups in total. The predicted octanol–water partition coefficient (Wildman–Crippen LogP) is 3.20. The quantitative estimate of drug-likeness (QED) is 0.910. The summed E-state index contributed by atoms with van der Waals surface area (Å²) in [5, 5.41) is 0.520. The fourth-order valence-electron chi connectivity index (χ4n) is 2.00. The lowest BCUT2D eigenvalue weighted by Crippen LogP contribution is -2.23. The Morgan fingerprint density at radius 2 is 1.68 bits per heavy atom. The lowest BCUT2D eigenvalue weighted by Gasteiger charge is -2.08. The molecule has 0 amide bonds. The zero-order chi connectivity index (χ0) is 15.7. The number of halogens is 2. The van der Waals surface area contributed by atoms with Crippen molar-refractivity contribution >= 4 is 33.2 Å². The van der Waals surface area contributed by atoms with E-state index in [0.717, 1.165) is 5.56 Å². The van der Waals surface area contributed by atoms with Gasteiger partial charge in [0.05, 0.1) is 4.90 Å². The molecule has 0 aromatic heterocycles. The molecule has 2 aromatic carbocycles. The van der Waals surface area contributed by atoms with Gasteiger partial charge >= 0.3 is 0 Å². The molecule has 5 nitrogen and oxygen atoms in total. The van der Waals surface area contributed by atoms with E-state index in [2.05, 4.69) is 4.72 Å². The Kier molecular flexibility index (Phi) is 4.18. The average Bonchev–Trinajstić information content (AvgIpc) is 2.91. The average molecular weight is 360 g/mol. The van der Waals surface area contributed by atoms with E-state index in [-0.39, 0.29) is 28.3 Å². The van der Waals surface area contributed by atoms with Gasteiger partial charge in [-0.15, -0.1) is 0 Å². The molecule has 0 unspecified atom stereocenters. The largest absolute Gasteiger partial charge is 0.454 e. The highest BCUT2D eigenvalue weighted by molar-refractivity contribution is 7.89. The number of hydrogen-bond acceptors (Lipinski definition) is 4. The van der Waals surface area contributed by atoms with Crippen molar-refractivity contribution in [1.29, 1.82) is 0 Å². The minimum Gasteiger partial charge on any atom is -0.454 e. The highest BCUT2D eigenvalue weighted by Gasteiger charge is 2.17. The van der Waals surface area contributed by atoms with Crippen molar-refractivity contribution in [2.24, 2.45) is 0 Å². The number of hydrogen-bond donors (Lipinski definition) is 1. The molecule has 0 fully saturated rings. The fraction of sp³-hybridized carbons (Fsp3) is 0.143. The molecule has 2 aromatic rings. The second-order valence-electron chi connectivity index (χ2n) is 4.62. The van der Waals surface area contributed by atoms with Crippen LogP contribution in [0.2, 0.25) is 10.0 Å². The summed E-state index contributed by atoms with van der Waals surface area (Å²) in [6.07, 6.45) is 0. The number of rotatable bonds is 4. The molecule has 3 rings (SSSR count). The van der Waals surface area contributed by atoms with Gasteiger partial charge in [0.15, 0.2) is 11.5 Å². The Labute approximate surface area is 137 Å². The van der Waals surface area contributed by atoms with Crippen LogP contribution in [0.5, 0.6) is 11.5 Å². The van der Waals surface area contributed by atoms with Crippen LogP contribution in [0.4, 0.5) is 0 Å². The number of benzene rings is 2. The molecular weight excluding hydrogens is 349 g/mol. The molecule has 1 heterocycles. The van der Waals surface area contributed by atoms with Crippen molar-refractivity contribution < 1.29 is 17.9 Å². The SMILES string of the molecule is O=S(=O)(NCc1ccc2c(c1)OCO2)c1cc(Cl)cc(Cl)c1. The summed E-state index contributed by atoms with van der Waals surface area (Å²) in [6.45, 7) is 0.286. The topological polar surface area (TPSA) is 64.6 Å². The molecule has 0 aliphatic carbocycles. The maximum atomic E-state index is 12.3. The first-order valence-corrected chi connectivity index (χ1v) is 8.52. The number of sulfonamides is 1. The van der Waals surface area contributed by atoms with Crippen LogP contribution in [-0.4, -0.2) is 15.2 Å². The monoisotopic (exact) mass is 359 g/mol. The van der Waals surface area contributed by atoms with E-state index in [0.29, 0.717) is 11.5 Å². The van der Waals surface area contributed by atoms with E-state index in [9.17, 15) is 8.42 Å². The zero-order valence-corrected chi connectivity index (χ0v) is 13.5. The molecule has 0 saturated carbocycles. The maximum Gasteiger partial charge on any atom is 0.240 e. The van der Waals surface area contributed by atoms with Crippen molar-refractivity contribution in [3.05, 3.63) is 52.0 Å². The first kappa shape index (κ1) is 15.4. The zero-order valence-electron chi connectivity index (χ0n) is 11.2. The molecule has 116 valence electrons.